The van der Waals surface area contributed by atoms with Crippen molar-refractivity contribution in [2.75, 3.05) is 5.01 Å². The summed E-state index contributed by atoms with van der Waals surface area (Å²) in [5.41, 5.74) is 1.51. The van der Waals surface area contributed by atoms with E-state index in [4.69, 9.17) is 4.74 Å². The second kappa shape index (κ2) is 3.65. The van der Waals surface area contributed by atoms with Crippen LogP contribution in [0.2, 0.25) is 0 Å². The molecule has 0 spiro atoms. The quantitative estimate of drug-likeness (QED) is 0.762. The molecule has 16 heavy (non-hydrogen) atoms. The van der Waals surface area contributed by atoms with Crippen LogP contribution in [-0.4, -0.2) is 16.8 Å². The van der Waals surface area contributed by atoms with E-state index in [2.05, 4.69) is 20.0 Å². The van der Waals surface area contributed by atoms with Gasteiger partial charge in [-0.05, 0) is 12.1 Å². The summed E-state index contributed by atoms with van der Waals surface area (Å²) < 4.78 is 10.0. The number of benzene rings is 1. The molecule has 1 aliphatic rings. The number of anilines is 1. The molecule has 2 aromatic rings. The molecule has 1 aliphatic heterocycles. The summed E-state index contributed by atoms with van der Waals surface area (Å²) in [6, 6.07) is 9.68. The van der Waals surface area contributed by atoms with Crippen LogP contribution in [-0.2, 0) is 4.74 Å². The molecule has 0 N–H and O–H groups in total. The van der Waals surface area contributed by atoms with Crippen LogP contribution in [0.4, 0.5) is 5.69 Å². The molecular formula is C10H8N4O2. The number of ether oxygens (including phenoxy) is 1. The van der Waals surface area contributed by atoms with Crippen molar-refractivity contribution < 1.29 is 9.26 Å². The van der Waals surface area contributed by atoms with E-state index in [0.717, 1.165) is 5.69 Å². The van der Waals surface area contributed by atoms with Crippen LogP contribution in [0.25, 0.3) is 0 Å². The van der Waals surface area contributed by atoms with Crippen LogP contribution in [0.5, 0.6) is 0 Å². The fourth-order valence-corrected chi connectivity index (χ4v) is 1.51. The van der Waals surface area contributed by atoms with Crippen molar-refractivity contribution in [3.63, 3.8) is 0 Å². The Morgan fingerprint density at radius 2 is 2.06 bits per heavy atom. The zero-order chi connectivity index (χ0) is 10.8. The van der Waals surface area contributed by atoms with Crippen LogP contribution < -0.4 is 5.01 Å². The number of hydrogen-bond donors (Lipinski definition) is 0. The first kappa shape index (κ1) is 8.90. The molecule has 0 amide bonds. The second-order valence-electron chi connectivity index (χ2n) is 3.22. The highest BCUT2D eigenvalue weighted by Crippen LogP contribution is 2.29. The van der Waals surface area contributed by atoms with Gasteiger partial charge in [-0.2, -0.15) is 0 Å². The Morgan fingerprint density at radius 1 is 1.19 bits per heavy atom. The van der Waals surface area contributed by atoms with Gasteiger partial charge in [0.25, 0.3) is 0 Å². The van der Waals surface area contributed by atoms with Gasteiger partial charge in [0.1, 0.15) is 0 Å². The first-order chi connectivity index (χ1) is 7.95. The van der Waals surface area contributed by atoms with E-state index >= 15 is 0 Å². The van der Waals surface area contributed by atoms with Crippen LogP contribution in [0.1, 0.15) is 11.9 Å². The maximum Gasteiger partial charge on any atom is 0.241 e. The maximum absolute atomic E-state index is 5.34. The Hall–Kier alpha value is -2.37. The van der Waals surface area contributed by atoms with E-state index in [9.17, 15) is 0 Å². The number of hydrazone groups is 1. The van der Waals surface area contributed by atoms with Crippen molar-refractivity contribution in [2.24, 2.45) is 5.10 Å². The summed E-state index contributed by atoms with van der Waals surface area (Å²) in [7, 11) is 0. The normalized spacial score (nSPS) is 18.8. The van der Waals surface area contributed by atoms with Gasteiger partial charge < -0.3 is 9.26 Å². The summed E-state index contributed by atoms with van der Waals surface area (Å²) in [4.78, 5) is 0. The summed E-state index contributed by atoms with van der Waals surface area (Å²) in [6.45, 7) is 0. The van der Waals surface area contributed by atoms with E-state index in [1.165, 1.54) is 12.7 Å². The molecule has 1 unspecified atom stereocenters. The smallest absolute Gasteiger partial charge is 0.241 e. The molecule has 1 aromatic carbocycles. The van der Waals surface area contributed by atoms with Gasteiger partial charge in [0, 0.05) is 5.27 Å². The molecule has 1 aromatic heterocycles. The molecule has 6 heteroatoms. The van der Waals surface area contributed by atoms with Gasteiger partial charge in [-0.1, -0.05) is 18.2 Å². The topological polar surface area (TPSA) is 63.8 Å². The molecule has 2 heterocycles. The van der Waals surface area contributed by atoms with Crippen molar-refractivity contribution in [3.8, 4) is 0 Å². The van der Waals surface area contributed by atoms with E-state index < -0.39 is 6.23 Å². The van der Waals surface area contributed by atoms with Gasteiger partial charge >= 0.3 is 0 Å². The minimum atomic E-state index is -0.409. The third-order valence-corrected chi connectivity index (χ3v) is 2.23. The highest BCUT2D eigenvalue weighted by molar-refractivity contribution is 5.58. The molecule has 0 aliphatic carbocycles. The summed E-state index contributed by atoms with van der Waals surface area (Å²) >= 11 is 0. The van der Waals surface area contributed by atoms with Crippen LogP contribution in [0.15, 0.2) is 46.2 Å². The standard InChI is InChI=1S/C10H8N4O2/c1-2-4-8(5-3-1)14-10(15-7-11-14)9-6-16-13-12-9/h1-7,10H. The average Bonchev–Trinajstić information content (AvgIpc) is 3.01. The lowest BCUT2D eigenvalue weighted by Gasteiger charge is -2.19. The molecule has 80 valence electrons. The Kier molecular flexibility index (Phi) is 2.03. The maximum atomic E-state index is 5.34. The highest BCUT2D eigenvalue weighted by atomic mass is 16.5. The zero-order valence-corrected chi connectivity index (χ0v) is 8.22. The van der Waals surface area contributed by atoms with E-state index in [1.54, 1.807) is 5.01 Å². The summed E-state index contributed by atoms with van der Waals surface area (Å²) in [5, 5.41) is 13.0. The average molecular weight is 216 g/mol. The number of aromatic nitrogens is 2. The SMILES string of the molecule is C1=NN(c2ccccc2)C(c2conn2)O1. The van der Waals surface area contributed by atoms with Crippen molar-refractivity contribution in [3.05, 3.63) is 42.3 Å². The molecule has 0 radical (unpaired) electrons. The minimum absolute atomic E-state index is 0.409. The predicted octanol–water partition coefficient (Wildman–Crippen LogP) is 1.55. The second-order valence-corrected chi connectivity index (χ2v) is 3.22. The molecule has 3 rings (SSSR count). The molecule has 6 nitrogen and oxygen atoms in total. The number of hydrogen-bond acceptors (Lipinski definition) is 6. The molecule has 1 atom stereocenters. The summed E-state index contributed by atoms with van der Waals surface area (Å²) in [5.74, 6) is 0. The molecule has 0 saturated heterocycles. The molecule has 0 fully saturated rings. The number of nitrogens with zero attached hydrogens (tertiary/aromatic N) is 4. The van der Waals surface area contributed by atoms with E-state index in [-0.39, 0.29) is 0 Å². The third-order valence-electron chi connectivity index (χ3n) is 2.23. The minimum Gasteiger partial charge on any atom is -0.450 e. The van der Waals surface area contributed by atoms with Crippen molar-refractivity contribution in [2.45, 2.75) is 6.23 Å². The fourth-order valence-electron chi connectivity index (χ4n) is 1.51. The first-order valence-electron chi connectivity index (χ1n) is 4.74. The monoisotopic (exact) mass is 216 g/mol. The summed E-state index contributed by atoms with van der Waals surface area (Å²) in [6.07, 6.45) is 2.41. The lowest BCUT2D eigenvalue weighted by Crippen LogP contribution is -2.19. The van der Waals surface area contributed by atoms with E-state index in [0.29, 0.717) is 5.69 Å². The predicted molar refractivity (Wildman–Crippen MR) is 55.5 cm³/mol. The third kappa shape index (κ3) is 1.40. The van der Waals surface area contributed by atoms with Crippen molar-refractivity contribution >= 4 is 12.1 Å². The Balaban J connectivity index is 1.93. The number of rotatable bonds is 2. The fraction of sp³-hybridized carbons (Fsp3) is 0.100. The molecule has 0 saturated carbocycles. The Bertz CT molecular complexity index is 483. The zero-order valence-electron chi connectivity index (χ0n) is 8.22. The Labute approximate surface area is 91.1 Å². The van der Waals surface area contributed by atoms with Crippen LogP contribution in [0.3, 0.4) is 0 Å². The first-order valence-corrected chi connectivity index (χ1v) is 4.74. The lowest BCUT2D eigenvalue weighted by molar-refractivity contribution is 0.221. The van der Waals surface area contributed by atoms with Gasteiger partial charge in [-0.15, -0.1) is 10.2 Å². The van der Waals surface area contributed by atoms with Gasteiger partial charge in [-0.25, -0.2) is 5.01 Å². The molecular weight excluding hydrogens is 208 g/mol. The van der Waals surface area contributed by atoms with Crippen molar-refractivity contribution in [1.82, 2.24) is 10.4 Å². The lowest BCUT2D eigenvalue weighted by atomic mass is 10.3. The van der Waals surface area contributed by atoms with Gasteiger partial charge in [0.2, 0.25) is 6.23 Å². The largest absolute Gasteiger partial charge is 0.450 e. The molecule has 0 bridgehead atoms. The number of para-hydroxylation sites is 1. The van der Waals surface area contributed by atoms with Gasteiger partial charge in [0.15, 0.2) is 18.4 Å². The Morgan fingerprint density at radius 3 is 2.81 bits per heavy atom. The highest BCUT2D eigenvalue weighted by Gasteiger charge is 2.28. The van der Waals surface area contributed by atoms with Gasteiger partial charge in [0.05, 0.1) is 5.69 Å². The van der Waals surface area contributed by atoms with Crippen LogP contribution in [0, 0.1) is 0 Å². The van der Waals surface area contributed by atoms with Gasteiger partial charge in [-0.3, -0.25) is 0 Å². The van der Waals surface area contributed by atoms with Crippen molar-refractivity contribution in [1.29, 1.82) is 0 Å². The van der Waals surface area contributed by atoms with E-state index in [1.807, 2.05) is 30.3 Å². The van der Waals surface area contributed by atoms with Crippen LogP contribution >= 0.6 is 0 Å².